The van der Waals surface area contributed by atoms with Crippen molar-refractivity contribution in [2.24, 2.45) is 0 Å². The second-order valence-electron chi connectivity index (χ2n) is 8.88. The quantitative estimate of drug-likeness (QED) is 0.616. The summed E-state index contributed by atoms with van der Waals surface area (Å²) >= 11 is 0. The molecule has 0 N–H and O–H groups in total. The van der Waals surface area contributed by atoms with Gasteiger partial charge < -0.3 is 9.80 Å². The molecule has 2 aliphatic rings. The number of pyridine rings is 1. The molecular weight excluding hydrogens is 398 g/mol. The minimum Gasteiger partial charge on any atom is -0.341 e. The van der Waals surface area contributed by atoms with Crippen LogP contribution < -0.4 is 4.90 Å². The van der Waals surface area contributed by atoms with E-state index in [1.54, 1.807) is 0 Å². The van der Waals surface area contributed by atoms with Gasteiger partial charge in [-0.3, -0.25) is 9.78 Å². The topological polar surface area (TPSA) is 62.2 Å². The Morgan fingerprint density at radius 3 is 2.59 bits per heavy atom. The number of aromatic nitrogens is 3. The zero-order valence-corrected chi connectivity index (χ0v) is 18.6. The van der Waals surface area contributed by atoms with Gasteiger partial charge in [-0.1, -0.05) is 18.2 Å². The molecule has 0 bridgehead atoms. The molecule has 5 rings (SSSR count). The highest BCUT2D eigenvalue weighted by atomic mass is 16.2. The van der Waals surface area contributed by atoms with Crippen molar-refractivity contribution in [2.75, 3.05) is 31.1 Å². The fraction of sp³-hybridized carbons (Fsp3) is 0.385. The molecule has 3 aromatic rings. The Hall–Kier alpha value is -3.28. The van der Waals surface area contributed by atoms with Crippen LogP contribution in [0.1, 0.15) is 58.2 Å². The van der Waals surface area contributed by atoms with Crippen molar-refractivity contribution in [2.45, 2.75) is 38.5 Å². The van der Waals surface area contributed by atoms with Crippen molar-refractivity contribution in [3.8, 4) is 0 Å². The Morgan fingerprint density at radius 1 is 1.00 bits per heavy atom. The first-order valence-electron chi connectivity index (χ1n) is 11.5. The van der Waals surface area contributed by atoms with E-state index in [1.807, 2.05) is 47.5 Å². The number of hydrogen-bond acceptors (Lipinski definition) is 5. The van der Waals surface area contributed by atoms with Crippen LogP contribution in [0.2, 0.25) is 0 Å². The molecule has 1 amide bonds. The maximum Gasteiger partial charge on any atom is 0.253 e. The Labute approximate surface area is 189 Å². The number of benzene rings is 1. The minimum atomic E-state index is 0.108. The second-order valence-corrected chi connectivity index (χ2v) is 8.88. The summed E-state index contributed by atoms with van der Waals surface area (Å²) in [4.78, 5) is 31.6. The van der Waals surface area contributed by atoms with Crippen LogP contribution in [-0.2, 0) is 6.42 Å². The van der Waals surface area contributed by atoms with Crippen molar-refractivity contribution < 1.29 is 4.79 Å². The van der Waals surface area contributed by atoms with Crippen molar-refractivity contribution >= 4 is 11.9 Å². The molecule has 2 aromatic heterocycles. The van der Waals surface area contributed by atoms with Crippen LogP contribution in [0, 0.1) is 6.92 Å². The van der Waals surface area contributed by atoms with Gasteiger partial charge in [-0.25, -0.2) is 9.97 Å². The van der Waals surface area contributed by atoms with Gasteiger partial charge in [0.05, 0.1) is 11.4 Å². The van der Waals surface area contributed by atoms with Gasteiger partial charge in [-0.15, -0.1) is 0 Å². The molecule has 164 valence electrons. The van der Waals surface area contributed by atoms with E-state index < -0.39 is 0 Å². The zero-order chi connectivity index (χ0) is 21.9. The Bertz CT molecular complexity index is 1100. The number of amides is 1. The minimum absolute atomic E-state index is 0.108. The van der Waals surface area contributed by atoms with Gasteiger partial charge in [-0.05, 0) is 62.1 Å². The molecule has 0 radical (unpaired) electrons. The summed E-state index contributed by atoms with van der Waals surface area (Å²) in [6, 6.07) is 15.8. The van der Waals surface area contributed by atoms with E-state index in [9.17, 15) is 4.79 Å². The first kappa shape index (κ1) is 20.6. The summed E-state index contributed by atoms with van der Waals surface area (Å²) in [6.07, 6.45) is 5.76. The number of aryl methyl sites for hydroxylation is 1. The lowest BCUT2D eigenvalue weighted by molar-refractivity contribution is 0.0706. The highest BCUT2D eigenvalue weighted by Gasteiger charge is 2.28. The molecule has 0 saturated carbocycles. The summed E-state index contributed by atoms with van der Waals surface area (Å²) in [7, 11) is 0. The van der Waals surface area contributed by atoms with Gasteiger partial charge in [0.2, 0.25) is 5.95 Å². The molecule has 2 aliphatic heterocycles. The zero-order valence-electron chi connectivity index (χ0n) is 18.6. The van der Waals surface area contributed by atoms with Crippen LogP contribution >= 0.6 is 0 Å². The average molecular weight is 428 g/mol. The predicted molar refractivity (Wildman–Crippen MR) is 125 cm³/mol. The molecule has 4 heterocycles. The summed E-state index contributed by atoms with van der Waals surface area (Å²) in [6.45, 7) is 5.60. The highest BCUT2D eigenvalue weighted by molar-refractivity contribution is 5.94. The van der Waals surface area contributed by atoms with E-state index >= 15 is 0 Å². The largest absolute Gasteiger partial charge is 0.341 e. The van der Waals surface area contributed by atoms with Crippen LogP contribution in [0.4, 0.5) is 5.95 Å². The van der Waals surface area contributed by atoms with Crippen molar-refractivity contribution in [3.63, 3.8) is 0 Å². The third-order valence-electron chi connectivity index (χ3n) is 6.41. The standard InChI is InChI=1S/C26H29N5O/c1-19-10-11-27-22(15-19)16-23-17-24(29-26(28-23)30-13-6-14-30)21-9-5-12-31(18-21)25(32)20-7-3-2-4-8-20/h2-4,7-8,10-11,15,17,21H,5-6,9,12-14,16,18H2,1H3. The van der Waals surface area contributed by atoms with Crippen LogP contribution in [0.5, 0.6) is 0 Å². The van der Waals surface area contributed by atoms with Crippen LogP contribution in [0.15, 0.2) is 54.7 Å². The van der Waals surface area contributed by atoms with Gasteiger partial charge in [-0.2, -0.15) is 0 Å². The van der Waals surface area contributed by atoms with E-state index in [-0.39, 0.29) is 11.8 Å². The number of likely N-dealkylation sites (tertiary alicyclic amines) is 1. The molecule has 2 saturated heterocycles. The fourth-order valence-electron chi connectivity index (χ4n) is 4.51. The first-order chi connectivity index (χ1) is 15.7. The van der Waals surface area contributed by atoms with Gasteiger partial charge in [0.1, 0.15) is 0 Å². The van der Waals surface area contributed by atoms with E-state index in [0.717, 1.165) is 61.1 Å². The second kappa shape index (κ2) is 9.07. The normalized spacial score (nSPS) is 18.3. The summed E-state index contributed by atoms with van der Waals surface area (Å²) in [5.74, 6) is 1.16. The molecule has 6 nitrogen and oxygen atoms in total. The lowest BCUT2D eigenvalue weighted by Gasteiger charge is -2.34. The Morgan fingerprint density at radius 2 is 1.84 bits per heavy atom. The molecule has 1 aromatic carbocycles. The fourth-order valence-corrected chi connectivity index (χ4v) is 4.51. The summed E-state index contributed by atoms with van der Waals surface area (Å²) in [5.41, 5.74) is 5.03. The van der Waals surface area contributed by atoms with Gasteiger partial charge >= 0.3 is 0 Å². The third-order valence-corrected chi connectivity index (χ3v) is 6.41. The maximum atomic E-state index is 13.0. The summed E-state index contributed by atoms with van der Waals surface area (Å²) < 4.78 is 0. The van der Waals surface area contributed by atoms with Gasteiger partial charge in [0.25, 0.3) is 5.91 Å². The van der Waals surface area contributed by atoms with Gasteiger partial charge in [0, 0.05) is 56.0 Å². The monoisotopic (exact) mass is 427 g/mol. The number of carbonyl (C=O) groups is 1. The lowest BCUT2D eigenvalue weighted by Crippen LogP contribution is -2.40. The lowest BCUT2D eigenvalue weighted by atomic mass is 9.93. The molecule has 2 fully saturated rings. The molecule has 32 heavy (non-hydrogen) atoms. The number of carbonyl (C=O) groups excluding carboxylic acids is 1. The maximum absolute atomic E-state index is 13.0. The van der Waals surface area contributed by atoms with E-state index in [0.29, 0.717) is 13.0 Å². The van der Waals surface area contributed by atoms with Crippen LogP contribution in [0.25, 0.3) is 0 Å². The Kier molecular flexibility index (Phi) is 5.84. The van der Waals surface area contributed by atoms with Crippen molar-refractivity contribution in [1.29, 1.82) is 0 Å². The average Bonchev–Trinajstić information content (AvgIpc) is 2.78. The predicted octanol–water partition coefficient (Wildman–Crippen LogP) is 4.00. The molecule has 1 atom stereocenters. The van der Waals surface area contributed by atoms with Crippen LogP contribution in [0.3, 0.4) is 0 Å². The number of nitrogens with zero attached hydrogens (tertiary/aromatic N) is 5. The number of hydrogen-bond donors (Lipinski definition) is 0. The third kappa shape index (κ3) is 4.49. The molecule has 0 spiro atoms. The molecule has 0 aliphatic carbocycles. The number of anilines is 1. The van der Waals surface area contributed by atoms with E-state index in [1.165, 1.54) is 12.0 Å². The molecule has 6 heteroatoms. The molecule has 1 unspecified atom stereocenters. The number of piperidine rings is 1. The first-order valence-corrected chi connectivity index (χ1v) is 11.5. The highest BCUT2D eigenvalue weighted by Crippen LogP contribution is 2.29. The smallest absolute Gasteiger partial charge is 0.253 e. The van der Waals surface area contributed by atoms with E-state index in [2.05, 4.69) is 28.9 Å². The Balaban J connectivity index is 1.40. The van der Waals surface area contributed by atoms with Crippen molar-refractivity contribution in [3.05, 3.63) is 82.9 Å². The van der Waals surface area contributed by atoms with Gasteiger partial charge in [0.15, 0.2) is 0 Å². The summed E-state index contributed by atoms with van der Waals surface area (Å²) in [5, 5.41) is 0. The SMILES string of the molecule is Cc1ccnc(Cc2cc(C3CCCN(C(=O)c4ccccc4)C3)nc(N3CCC3)n2)c1. The van der Waals surface area contributed by atoms with Crippen LogP contribution in [-0.4, -0.2) is 51.9 Å². The molecular formula is C26H29N5O. The van der Waals surface area contributed by atoms with E-state index in [4.69, 9.17) is 9.97 Å². The number of rotatable bonds is 5. The van der Waals surface area contributed by atoms with Crippen molar-refractivity contribution in [1.82, 2.24) is 19.9 Å².